The van der Waals surface area contributed by atoms with Crippen LogP contribution in [0.3, 0.4) is 0 Å². The van der Waals surface area contributed by atoms with Crippen LogP contribution in [0.2, 0.25) is 4.13 Å². The molecule has 0 fully saturated rings. The molecule has 42 valence electrons. The number of hydrogen-bond donors (Lipinski definition) is 0. The second kappa shape index (κ2) is 4.60. The zero-order valence-corrected chi connectivity index (χ0v) is 12.6. The molecule has 0 aromatic heterocycles. The zero-order chi connectivity index (χ0) is 5.91. The van der Waals surface area contributed by atoms with Crippen LogP contribution >= 0.6 is 54.1 Å². The molecule has 0 aliphatic heterocycles. The zero-order valence-electron chi connectivity index (χ0n) is 3.63. The number of halogens is 3. The predicted molar refractivity (Wildman–Crippen MR) is 57.1 cm³/mol. The van der Waals surface area contributed by atoms with E-state index in [9.17, 15) is 0 Å². The molecule has 0 saturated heterocycles. The molecule has 0 aliphatic rings. The maximum atomic E-state index is 3.68. The molecule has 0 saturated carbocycles. The monoisotopic (exact) mass is 512 g/mol. The summed E-state index contributed by atoms with van der Waals surface area (Å²) in [5.41, 5.74) is 0. The minimum atomic E-state index is -1.48. The molecule has 0 N–H and O–H groups in total. The van der Waals surface area contributed by atoms with Crippen LogP contribution in [0.1, 0.15) is 0 Å². The first-order valence-electron chi connectivity index (χ1n) is 1.74. The Bertz CT molecular complexity index is 65.1. The second-order valence-corrected chi connectivity index (χ2v) is 74.5. The van der Waals surface area contributed by atoms with Gasteiger partial charge < -0.3 is 0 Å². The first-order valence-corrected chi connectivity index (χ1v) is 25.4. The van der Waals surface area contributed by atoms with Crippen molar-refractivity contribution >= 4 is 54.1 Å². The summed E-state index contributed by atoms with van der Waals surface area (Å²) in [5.74, 6) is 0. The van der Waals surface area contributed by atoms with Gasteiger partial charge in [0.05, 0.1) is 0 Å². The molecule has 7 heavy (non-hydrogen) atoms. The van der Waals surface area contributed by atoms with Crippen LogP contribution < -0.4 is 0 Å². The molecule has 0 amide bonds. The van der Waals surface area contributed by atoms with Gasteiger partial charge in [-0.2, -0.15) is 0 Å². The van der Waals surface area contributed by atoms with Gasteiger partial charge in [-0.1, -0.05) is 0 Å². The van der Waals surface area contributed by atoms with Crippen molar-refractivity contribution in [3.63, 3.8) is 0 Å². The van der Waals surface area contributed by atoms with E-state index in [1.54, 1.807) is 0 Å². The third-order valence-corrected chi connectivity index (χ3v) is 10.0. The van der Waals surface area contributed by atoms with E-state index in [-0.39, 0.29) is 0 Å². The molecular weight excluding hydrogens is 508 g/mol. The molecule has 0 aromatic rings. The van der Waals surface area contributed by atoms with E-state index in [2.05, 4.69) is 60.7 Å². The summed E-state index contributed by atoms with van der Waals surface area (Å²) in [6.45, 7) is 3.68. The van der Waals surface area contributed by atoms with Gasteiger partial charge in [0, 0.05) is 0 Å². The summed E-state index contributed by atoms with van der Waals surface area (Å²) in [7, 11) is -1.48. The van der Waals surface area contributed by atoms with Gasteiger partial charge in [-0.25, -0.2) is 0 Å². The Hall–Kier alpha value is 2.81. The fourth-order valence-electron chi connectivity index (χ4n) is 0.164. The Kier molecular flexibility index (Phi) is 6.45. The van der Waals surface area contributed by atoms with Crippen molar-refractivity contribution in [2.75, 3.05) is 0 Å². The van der Waals surface area contributed by atoms with Crippen molar-refractivity contribution in [1.29, 1.82) is 0 Å². The molecular formula is C3H5I3Zr. The Balaban J connectivity index is 3.34. The molecule has 0 heterocycles. The molecule has 0 aliphatic carbocycles. The maximum absolute atomic E-state index is 3.68. The molecule has 0 spiro atoms. The molecule has 0 nitrogen and oxygen atoms in total. The molecule has 0 atom stereocenters. The van der Waals surface area contributed by atoms with E-state index in [4.69, 9.17) is 0 Å². The Labute approximate surface area is 76.4 Å². The van der Waals surface area contributed by atoms with Crippen LogP contribution in [0.15, 0.2) is 12.7 Å². The van der Waals surface area contributed by atoms with E-state index < -0.39 is 7.70 Å². The fraction of sp³-hybridized carbons (Fsp3) is 0.333. The summed E-state index contributed by atoms with van der Waals surface area (Å²) in [6.07, 6.45) is 2.03. The SMILES string of the molecule is C=C[CH2][Zr]([I])([I])[I]. The molecule has 0 rings (SSSR count). The summed E-state index contributed by atoms with van der Waals surface area (Å²) in [5, 5.41) is 0. The Morgan fingerprint density at radius 3 is 1.86 bits per heavy atom. The van der Waals surface area contributed by atoms with Crippen molar-refractivity contribution < 1.29 is 7.70 Å². The van der Waals surface area contributed by atoms with Crippen molar-refractivity contribution in [2.45, 2.75) is 4.13 Å². The summed E-state index contributed by atoms with van der Waals surface area (Å²) in [4.78, 5) is 0. The van der Waals surface area contributed by atoms with E-state index in [0.717, 1.165) is 0 Å². The minimum absolute atomic E-state index is 1.27. The third-order valence-electron chi connectivity index (χ3n) is 0.376. The Morgan fingerprint density at radius 2 is 1.86 bits per heavy atom. The molecule has 0 unspecified atom stereocenters. The number of hydrogen-bond acceptors (Lipinski definition) is 0. The third kappa shape index (κ3) is 8.81. The topological polar surface area (TPSA) is 0 Å². The Morgan fingerprint density at radius 1 is 1.43 bits per heavy atom. The van der Waals surface area contributed by atoms with Gasteiger partial charge >= 0.3 is 78.6 Å². The van der Waals surface area contributed by atoms with Crippen LogP contribution in [0.4, 0.5) is 0 Å². The van der Waals surface area contributed by atoms with E-state index in [1.807, 2.05) is 6.08 Å². The average molecular weight is 513 g/mol. The molecule has 0 aromatic carbocycles. The summed E-state index contributed by atoms with van der Waals surface area (Å²) in [6, 6.07) is 0. The molecule has 0 bridgehead atoms. The molecule has 4 heteroatoms. The average Bonchev–Trinajstić information content (AvgIpc) is 1.30. The van der Waals surface area contributed by atoms with Gasteiger partial charge in [0.25, 0.3) is 0 Å². The van der Waals surface area contributed by atoms with Gasteiger partial charge in [0.15, 0.2) is 0 Å². The normalized spacial score (nSPS) is 11.3. The van der Waals surface area contributed by atoms with Crippen molar-refractivity contribution in [3.05, 3.63) is 12.7 Å². The van der Waals surface area contributed by atoms with E-state index >= 15 is 0 Å². The first kappa shape index (κ1) is 9.81. The van der Waals surface area contributed by atoms with Crippen LogP contribution in [-0.2, 0) is 7.70 Å². The van der Waals surface area contributed by atoms with E-state index in [1.165, 1.54) is 4.13 Å². The van der Waals surface area contributed by atoms with Crippen molar-refractivity contribution in [3.8, 4) is 0 Å². The quantitative estimate of drug-likeness (QED) is 0.390. The van der Waals surface area contributed by atoms with Gasteiger partial charge in [0.1, 0.15) is 0 Å². The number of rotatable bonds is 2. The predicted octanol–water partition coefficient (Wildman–Crippen LogP) is 3.79. The van der Waals surface area contributed by atoms with Crippen molar-refractivity contribution in [1.82, 2.24) is 0 Å². The van der Waals surface area contributed by atoms with Crippen molar-refractivity contribution in [2.24, 2.45) is 0 Å². The van der Waals surface area contributed by atoms with Crippen LogP contribution in [0.25, 0.3) is 0 Å². The van der Waals surface area contributed by atoms with Crippen LogP contribution in [-0.4, -0.2) is 0 Å². The van der Waals surface area contributed by atoms with Crippen LogP contribution in [0, 0.1) is 0 Å². The standard InChI is InChI=1S/C3H5.3HI.Zr/c1-3-2;;;;/h3H,1-2H2;3*1H;/q;;;;+3/p-3. The fourth-order valence-corrected chi connectivity index (χ4v) is 6.50. The first-order chi connectivity index (χ1) is 3.06. The summed E-state index contributed by atoms with van der Waals surface area (Å²) < 4.78 is 1.27. The van der Waals surface area contributed by atoms with Gasteiger partial charge in [-0.05, 0) is 0 Å². The second-order valence-electron chi connectivity index (χ2n) is 1.11. The number of allylic oxidation sites excluding steroid dienone is 1. The van der Waals surface area contributed by atoms with Gasteiger partial charge in [0.2, 0.25) is 0 Å². The van der Waals surface area contributed by atoms with Gasteiger partial charge in [-0.3, -0.25) is 0 Å². The van der Waals surface area contributed by atoms with Crippen LogP contribution in [0.5, 0.6) is 0 Å². The van der Waals surface area contributed by atoms with Gasteiger partial charge in [-0.15, -0.1) is 0 Å². The molecule has 0 radical (unpaired) electrons. The summed E-state index contributed by atoms with van der Waals surface area (Å²) >= 11 is 7.77. The van der Waals surface area contributed by atoms with E-state index in [0.29, 0.717) is 0 Å².